The Morgan fingerprint density at radius 1 is 1.14 bits per heavy atom. The maximum atomic E-state index is 4.56. The van der Waals surface area contributed by atoms with Crippen LogP contribution in [0.25, 0.3) is 0 Å². The van der Waals surface area contributed by atoms with Crippen molar-refractivity contribution in [3.05, 3.63) is 35.4 Å². The monoisotopic (exact) mass is 187 g/mol. The zero-order valence-corrected chi connectivity index (χ0v) is 8.79. The number of nitrogens with zero attached hydrogens (tertiary/aromatic N) is 1. The Bertz CT molecular complexity index is 322. The van der Waals surface area contributed by atoms with Gasteiger partial charge in [0.2, 0.25) is 0 Å². The van der Waals surface area contributed by atoms with Gasteiger partial charge in [0.05, 0.1) is 0 Å². The Balaban J connectivity index is 2.03. The Hall–Kier alpha value is -1.11. The number of benzene rings is 1. The molecule has 0 aliphatic carbocycles. The topological polar surface area (TPSA) is 12.4 Å². The van der Waals surface area contributed by atoms with Gasteiger partial charge in [0.1, 0.15) is 0 Å². The molecule has 0 atom stereocenters. The van der Waals surface area contributed by atoms with Crippen molar-refractivity contribution >= 4 is 5.71 Å². The highest BCUT2D eigenvalue weighted by Gasteiger charge is 2.05. The fourth-order valence-corrected chi connectivity index (χ4v) is 1.84. The minimum Gasteiger partial charge on any atom is -0.294 e. The van der Waals surface area contributed by atoms with E-state index in [2.05, 4.69) is 36.2 Å². The van der Waals surface area contributed by atoms with E-state index in [1.807, 2.05) is 0 Å². The molecule has 1 aromatic carbocycles. The largest absolute Gasteiger partial charge is 0.294 e. The van der Waals surface area contributed by atoms with E-state index >= 15 is 0 Å². The van der Waals surface area contributed by atoms with Crippen LogP contribution in [0.1, 0.15) is 30.4 Å². The molecule has 0 amide bonds. The molecule has 1 aliphatic rings. The summed E-state index contributed by atoms with van der Waals surface area (Å²) >= 11 is 0. The second kappa shape index (κ2) is 4.41. The molecule has 74 valence electrons. The maximum absolute atomic E-state index is 4.56. The van der Waals surface area contributed by atoms with Gasteiger partial charge < -0.3 is 0 Å². The third kappa shape index (κ3) is 2.44. The third-order valence-electron chi connectivity index (χ3n) is 2.74. The molecule has 0 fully saturated rings. The second-order valence-corrected chi connectivity index (χ2v) is 4.07. The van der Waals surface area contributed by atoms with Crippen LogP contribution in [0.5, 0.6) is 0 Å². The Morgan fingerprint density at radius 2 is 1.93 bits per heavy atom. The SMILES string of the molecule is Cc1ccc(CC2=NCCCC2)cc1. The van der Waals surface area contributed by atoms with Gasteiger partial charge in [-0.2, -0.15) is 0 Å². The van der Waals surface area contributed by atoms with Crippen LogP contribution in [0.3, 0.4) is 0 Å². The van der Waals surface area contributed by atoms with Crippen molar-refractivity contribution in [2.45, 2.75) is 32.6 Å². The first kappa shape index (κ1) is 9.45. The summed E-state index contributed by atoms with van der Waals surface area (Å²) in [4.78, 5) is 4.56. The molecule has 14 heavy (non-hydrogen) atoms. The quantitative estimate of drug-likeness (QED) is 0.674. The molecular weight excluding hydrogens is 170 g/mol. The standard InChI is InChI=1S/C13H17N/c1-11-5-7-12(8-6-11)10-13-4-2-3-9-14-13/h5-8H,2-4,9-10H2,1H3. The first-order valence-electron chi connectivity index (χ1n) is 5.42. The van der Waals surface area contributed by atoms with Crippen LogP contribution < -0.4 is 0 Å². The van der Waals surface area contributed by atoms with E-state index in [-0.39, 0.29) is 0 Å². The first-order chi connectivity index (χ1) is 6.84. The Morgan fingerprint density at radius 3 is 2.57 bits per heavy atom. The minimum atomic E-state index is 1.04. The van der Waals surface area contributed by atoms with Gasteiger partial charge in [-0.3, -0.25) is 4.99 Å². The molecule has 0 spiro atoms. The molecule has 1 nitrogen and oxygen atoms in total. The molecule has 0 N–H and O–H groups in total. The number of rotatable bonds is 2. The van der Waals surface area contributed by atoms with E-state index in [0.717, 1.165) is 13.0 Å². The smallest absolute Gasteiger partial charge is 0.0388 e. The van der Waals surface area contributed by atoms with Gasteiger partial charge >= 0.3 is 0 Å². The minimum absolute atomic E-state index is 1.04. The summed E-state index contributed by atoms with van der Waals surface area (Å²) in [5.41, 5.74) is 4.12. The highest BCUT2D eigenvalue weighted by atomic mass is 14.7. The summed E-state index contributed by atoms with van der Waals surface area (Å²) in [7, 11) is 0. The van der Waals surface area contributed by atoms with Crippen LogP contribution in [0.2, 0.25) is 0 Å². The summed E-state index contributed by atoms with van der Waals surface area (Å²) in [5, 5.41) is 0. The van der Waals surface area contributed by atoms with E-state index in [0.29, 0.717) is 0 Å². The van der Waals surface area contributed by atoms with Crippen LogP contribution in [-0.2, 0) is 6.42 Å². The van der Waals surface area contributed by atoms with Gasteiger partial charge in [0, 0.05) is 18.7 Å². The van der Waals surface area contributed by atoms with Gasteiger partial charge in [-0.05, 0) is 31.7 Å². The fourth-order valence-electron chi connectivity index (χ4n) is 1.84. The van der Waals surface area contributed by atoms with Crippen LogP contribution in [0.15, 0.2) is 29.3 Å². The summed E-state index contributed by atoms with van der Waals surface area (Å²) in [6.07, 6.45) is 4.86. The lowest BCUT2D eigenvalue weighted by molar-refractivity contribution is 0.730. The molecule has 1 aliphatic heterocycles. The molecule has 0 radical (unpaired) electrons. The summed E-state index contributed by atoms with van der Waals surface area (Å²) < 4.78 is 0. The lowest BCUT2D eigenvalue weighted by atomic mass is 10.0. The molecule has 0 unspecified atom stereocenters. The molecule has 0 saturated carbocycles. The van der Waals surface area contributed by atoms with Gasteiger partial charge in [-0.15, -0.1) is 0 Å². The predicted molar refractivity (Wildman–Crippen MR) is 61.0 cm³/mol. The molecule has 1 heterocycles. The number of aliphatic imine (C=N–C) groups is 1. The average Bonchev–Trinajstić information content (AvgIpc) is 2.23. The van der Waals surface area contributed by atoms with E-state index < -0.39 is 0 Å². The lowest BCUT2D eigenvalue weighted by Gasteiger charge is -2.11. The van der Waals surface area contributed by atoms with Crippen molar-refractivity contribution in [2.75, 3.05) is 6.54 Å². The van der Waals surface area contributed by atoms with Gasteiger partial charge in [0.15, 0.2) is 0 Å². The van der Waals surface area contributed by atoms with Crippen molar-refractivity contribution < 1.29 is 0 Å². The lowest BCUT2D eigenvalue weighted by Crippen LogP contribution is -2.09. The summed E-state index contributed by atoms with van der Waals surface area (Å²) in [5.74, 6) is 0. The highest BCUT2D eigenvalue weighted by Crippen LogP contribution is 2.11. The fraction of sp³-hybridized carbons (Fsp3) is 0.462. The molecule has 0 saturated heterocycles. The molecular formula is C13H17N. The van der Waals surface area contributed by atoms with Gasteiger partial charge in [-0.1, -0.05) is 29.8 Å². The first-order valence-corrected chi connectivity index (χ1v) is 5.42. The number of aryl methyl sites for hydroxylation is 1. The zero-order chi connectivity index (χ0) is 9.80. The summed E-state index contributed by atoms with van der Waals surface area (Å²) in [6, 6.07) is 8.79. The van der Waals surface area contributed by atoms with Crippen molar-refractivity contribution in [3.8, 4) is 0 Å². The van der Waals surface area contributed by atoms with Crippen molar-refractivity contribution in [1.82, 2.24) is 0 Å². The van der Waals surface area contributed by atoms with E-state index in [4.69, 9.17) is 0 Å². The van der Waals surface area contributed by atoms with Crippen LogP contribution in [-0.4, -0.2) is 12.3 Å². The average molecular weight is 187 g/mol. The molecule has 1 heteroatoms. The summed E-state index contributed by atoms with van der Waals surface area (Å²) in [6.45, 7) is 3.17. The van der Waals surface area contributed by atoms with Crippen LogP contribution >= 0.6 is 0 Å². The van der Waals surface area contributed by atoms with E-state index in [1.165, 1.54) is 36.1 Å². The Labute approximate surface area is 85.9 Å². The van der Waals surface area contributed by atoms with Crippen molar-refractivity contribution in [1.29, 1.82) is 0 Å². The van der Waals surface area contributed by atoms with Crippen LogP contribution in [0.4, 0.5) is 0 Å². The molecule has 0 aromatic heterocycles. The second-order valence-electron chi connectivity index (χ2n) is 4.07. The maximum Gasteiger partial charge on any atom is 0.0388 e. The van der Waals surface area contributed by atoms with E-state index in [9.17, 15) is 0 Å². The zero-order valence-electron chi connectivity index (χ0n) is 8.79. The molecule has 0 bridgehead atoms. The third-order valence-corrected chi connectivity index (χ3v) is 2.74. The van der Waals surface area contributed by atoms with Crippen LogP contribution in [0, 0.1) is 6.92 Å². The van der Waals surface area contributed by atoms with Gasteiger partial charge in [-0.25, -0.2) is 0 Å². The normalized spacial score (nSPS) is 16.5. The molecule has 1 aromatic rings. The van der Waals surface area contributed by atoms with E-state index in [1.54, 1.807) is 0 Å². The van der Waals surface area contributed by atoms with Gasteiger partial charge in [0.25, 0.3) is 0 Å². The highest BCUT2D eigenvalue weighted by molar-refractivity contribution is 5.87. The predicted octanol–water partition coefficient (Wildman–Crippen LogP) is 3.16. The van der Waals surface area contributed by atoms with Crippen molar-refractivity contribution in [3.63, 3.8) is 0 Å². The molecule has 2 rings (SSSR count). The number of hydrogen-bond acceptors (Lipinski definition) is 1. The number of hydrogen-bond donors (Lipinski definition) is 0. The Kier molecular flexibility index (Phi) is 2.97. The van der Waals surface area contributed by atoms with Crippen molar-refractivity contribution in [2.24, 2.45) is 4.99 Å².